The number of hydrogen-bond donors (Lipinski definition) is 1. The van der Waals surface area contributed by atoms with Crippen molar-refractivity contribution >= 4 is 23.3 Å². The minimum atomic E-state index is -0.358. The molecule has 0 spiro atoms. The second-order valence-corrected chi connectivity index (χ2v) is 6.10. The number of aryl methyl sites for hydroxylation is 1. The van der Waals surface area contributed by atoms with Crippen molar-refractivity contribution in [2.45, 2.75) is 46.7 Å². The van der Waals surface area contributed by atoms with E-state index in [1.807, 2.05) is 32.5 Å². The summed E-state index contributed by atoms with van der Waals surface area (Å²) in [7, 11) is 0. The summed E-state index contributed by atoms with van der Waals surface area (Å²) >= 11 is 1.81. The molecule has 0 aliphatic heterocycles. The Bertz CT molecular complexity index is 445. The van der Waals surface area contributed by atoms with E-state index in [-0.39, 0.29) is 22.7 Å². The average molecular weight is 286 g/mol. The fraction of sp³-hybridized carbons (Fsp3) is 0.750. The molecule has 1 aromatic rings. The molecular formula is C12H22N4O2S. The van der Waals surface area contributed by atoms with Crippen LogP contribution in [-0.4, -0.2) is 32.3 Å². The molecule has 0 aliphatic rings. The zero-order valence-corrected chi connectivity index (χ0v) is 13.0. The molecule has 0 aliphatic carbocycles. The highest BCUT2D eigenvalue weighted by Crippen LogP contribution is 2.31. The van der Waals surface area contributed by atoms with Crippen molar-refractivity contribution < 1.29 is 4.92 Å². The number of anilines is 1. The molecule has 1 unspecified atom stereocenters. The summed E-state index contributed by atoms with van der Waals surface area (Å²) < 4.78 is 1.70. The van der Waals surface area contributed by atoms with Crippen molar-refractivity contribution in [1.29, 1.82) is 0 Å². The van der Waals surface area contributed by atoms with E-state index in [1.165, 1.54) is 0 Å². The van der Waals surface area contributed by atoms with Crippen LogP contribution >= 0.6 is 11.8 Å². The van der Waals surface area contributed by atoms with E-state index in [2.05, 4.69) is 17.3 Å². The quantitative estimate of drug-likeness (QED) is 0.615. The lowest BCUT2D eigenvalue weighted by Crippen LogP contribution is -2.22. The second kappa shape index (κ2) is 6.79. The highest BCUT2D eigenvalue weighted by molar-refractivity contribution is 7.99. The molecule has 108 valence electrons. The summed E-state index contributed by atoms with van der Waals surface area (Å²) in [6, 6.07) is 0.248. The Morgan fingerprint density at radius 3 is 2.58 bits per heavy atom. The van der Waals surface area contributed by atoms with Gasteiger partial charge in [0.05, 0.1) is 4.92 Å². The van der Waals surface area contributed by atoms with Crippen LogP contribution in [0.1, 0.15) is 39.4 Å². The molecule has 19 heavy (non-hydrogen) atoms. The molecule has 0 radical (unpaired) electrons. The van der Waals surface area contributed by atoms with Gasteiger partial charge < -0.3 is 5.32 Å². The van der Waals surface area contributed by atoms with E-state index >= 15 is 0 Å². The third-order valence-corrected chi connectivity index (χ3v) is 3.82. The topological polar surface area (TPSA) is 73.0 Å². The van der Waals surface area contributed by atoms with Crippen molar-refractivity contribution in [3.05, 3.63) is 15.8 Å². The van der Waals surface area contributed by atoms with Crippen LogP contribution in [0.2, 0.25) is 0 Å². The number of rotatable bonds is 7. The monoisotopic (exact) mass is 286 g/mol. The van der Waals surface area contributed by atoms with Gasteiger partial charge in [-0.05, 0) is 33.4 Å². The van der Waals surface area contributed by atoms with Crippen LogP contribution in [0.3, 0.4) is 0 Å². The van der Waals surface area contributed by atoms with Gasteiger partial charge in [0.2, 0.25) is 5.82 Å². The molecule has 1 rings (SSSR count). The van der Waals surface area contributed by atoms with Gasteiger partial charge in [0.15, 0.2) is 0 Å². The van der Waals surface area contributed by atoms with Crippen molar-refractivity contribution in [2.75, 3.05) is 16.8 Å². The van der Waals surface area contributed by atoms with Gasteiger partial charge in [0.1, 0.15) is 5.69 Å². The van der Waals surface area contributed by atoms with Gasteiger partial charge in [-0.25, -0.2) is 4.68 Å². The fourth-order valence-electron chi connectivity index (χ4n) is 1.84. The number of nitrogens with zero attached hydrogens (tertiary/aromatic N) is 3. The lowest BCUT2D eigenvalue weighted by molar-refractivity contribution is -0.384. The van der Waals surface area contributed by atoms with Crippen LogP contribution in [-0.2, 0) is 0 Å². The highest BCUT2D eigenvalue weighted by Gasteiger charge is 2.27. The number of nitro groups is 1. The molecule has 6 nitrogen and oxygen atoms in total. The van der Waals surface area contributed by atoms with Gasteiger partial charge >= 0.3 is 5.69 Å². The van der Waals surface area contributed by atoms with Gasteiger partial charge in [-0.2, -0.15) is 16.9 Å². The first-order valence-electron chi connectivity index (χ1n) is 6.46. The third-order valence-electron chi connectivity index (χ3n) is 2.68. The minimum Gasteiger partial charge on any atom is -0.361 e. The second-order valence-electron chi connectivity index (χ2n) is 4.78. The molecule has 0 saturated carbocycles. The summed E-state index contributed by atoms with van der Waals surface area (Å²) in [5.74, 6) is 2.47. The van der Waals surface area contributed by atoms with Gasteiger partial charge in [0, 0.05) is 17.8 Å². The lowest BCUT2D eigenvalue weighted by Gasteiger charge is -2.16. The first-order chi connectivity index (χ1) is 8.88. The number of nitrogens with one attached hydrogen (secondary N) is 1. The van der Waals surface area contributed by atoms with Crippen molar-refractivity contribution in [3.8, 4) is 0 Å². The molecule has 1 N–H and O–H groups in total. The van der Waals surface area contributed by atoms with E-state index in [0.717, 1.165) is 11.5 Å². The zero-order chi connectivity index (χ0) is 14.6. The number of aromatic nitrogens is 2. The highest BCUT2D eigenvalue weighted by atomic mass is 32.2. The van der Waals surface area contributed by atoms with Gasteiger partial charge in [-0.1, -0.05) is 6.92 Å². The maximum absolute atomic E-state index is 11.2. The minimum absolute atomic E-state index is 0.0842. The van der Waals surface area contributed by atoms with E-state index in [4.69, 9.17) is 0 Å². The summed E-state index contributed by atoms with van der Waals surface area (Å²) in [6.45, 7) is 9.73. The van der Waals surface area contributed by atoms with E-state index < -0.39 is 0 Å². The summed E-state index contributed by atoms with van der Waals surface area (Å²) in [5.41, 5.74) is 0.540. The molecule has 0 bridgehead atoms. The van der Waals surface area contributed by atoms with Gasteiger partial charge in [0.25, 0.3) is 0 Å². The van der Waals surface area contributed by atoms with Crippen molar-refractivity contribution in [3.63, 3.8) is 0 Å². The SMILES string of the molecule is CCSCC(C)Nc1c([N+](=O)[O-])c(C)nn1C(C)C. The van der Waals surface area contributed by atoms with Gasteiger partial charge in [-0.3, -0.25) is 10.1 Å². The Kier molecular flexibility index (Phi) is 5.65. The standard InChI is InChI=1S/C12H22N4O2S/c1-6-19-7-9(4)13-12-11(16(17)18)10(5)14-15(12)8(2)3/h8-9,13H,6-7H2,1-5H3. The molecule has 1 aromatic heterocycles. The number of thioether (sulfide) groups is 1. The molecule has 1 atom stereocenters. The Morgan fingerprint density at radius 1 is 1.47 bits per heavy atom. The fourth-order valence-corrected chi connectivity index (χ4v) is 2.51. The molecule has 1 heterocycles. The van der Waals surface area contributed by atoms with E-state index in [0.29, 0.717) is 11.5 Å². The average Bonchev–Trinajstić information content (AvgIpc) is 2.63. The Labute approximate surface area is 118 Å². The van der Waals surface area contributed by atoms with Crippen LogP contribution in [0, 0.1) is 17.0 Å². The molecule has 0 amide bonds. The maximum atomic E-state index is 11.2. The molecule has 0 saturated heterocycles. The molecule has 7 heteroatoms. The summed E-state index contributed by atoms with van der Waals surface area (Å²) in [5, 5.41) is 18.7. The first-order valence-corrected chi connectivity index (χ1v) is 7.61. The Balaban J connectivity index is 3.05. The zero-order valence-electron chi connectivity index (χ0n) is 12.1. The van der Waals surface area contributed by atoms with Crippen LogP contribution in [0.15, 0.2) is 0 Å². The van der Waals surface area contributed by atoms with E-state index in [9.17, 15) is 10.1 Å². The van der Waals surface area contributed by atoms with Crippen LogP contribution < -0.4 is 5.32 Å². The lowest BCUT2D eigenvalue weighted by atomic mass is 10.3. The molecular weight excluding hydrogens is 264 g/mol. The van der Waals surface area contributed by atoms with Gasteiger partial charge in [-0.15, -0.1) is 0 Å². The smallest absolute Gasteiger partial charge is 0.333 e. The predicted molar refractivity (Wildman–Crippen MR) is 80.1 cm³/mol. The Hall–Kier alpha value is -1.24. The van der Waals surface area contributed by atoms with Crippen LogP contribution in [0.4, 0.5) is 11.5 Å². The van der Waals surface area contributed by atoms with Crippen molar-refractivity contribution in [1.82, 2.24) is 9.78 Å². The maximum Gasteiger partial charge on any atom is 0.333 e. The van der Waals surface area contributed by atoms with Crippen LogP contribution in [0.5, 0.6) is 0 Å². The van der Waals surface area contributed by atoms with Crippen LogP contribution in [0.25, 0.3) is 0 Å². The van der Waals surface area contributed by atoms with Crippen molar-refractivity contribution in [2.24, 2.45) is 0 Å². The normalized spacial score (nSPS) is 12.7. The van der Waals surface area contributed by atoms with E-state index in [1.54, 1.807) is 11.6 Å². The first kappa shape index (κ1) is 15.8. The molecule has 0 aromatic carbocycles. The Morgan fingerprint density at radius 2 is 2.11 bits per heavy atom. The predicted octanol–water partition coefficient (Wildman–Crippen LogP) is 3.23. The number of hydrogen-bond acceptors (Lipinski definition) is 5. The third kappa shape index (κ3) is 3.86. The summed E-state index contributed by atoms with van der Waals surface area (Å²) in [6.07, 6.45) is 0. The summed E-state index contributed by atoms with van der Waals surface area (Å²) in [4.78, 5) is 10.8. The molecule has 0 fully saturated rings. The largest absolute Gasteiger partial charge is 0.361 e.